The number of hydrogen-bond acceptors (Lipinski definition) is 2. The van der Waals surface area contributed by atoms with Crippen molar-refractivity contribution in [2.24, 2.45) is 4.99 Å². The molecular formula is C3H4BNO2. The van der Waals surface area contributed by atoms with Gasteiger partial charge in [0.15, 0.2) is 0 Å². The van der Waals surface area contributed by atoms with Gasteiger partial charge in [-0.15, -0.1) is 4.99 Å². The van der Waals surface area contributed by atoms with Crippen LogP contribution >= 0.6 is 0 Å². The number of aliphatic imine (C=N–C) groups is 1. The smallest absolute Gasteiger partial charge is 0.248 e. The van der Waals surface area contributed by atoms with Crippen molar-refractivity contribution in [2.75, 3.05) is 0 Å². The number of hydrogen-bond donors (Lipinski definition) is 0. The first-order valence-electron chi connectivity index (χ1n) is 1.92. The lowest BCUT2D eigenvalue weighted by Gasteiger charge is -1.72. The molecule has 0 aromatic rings. The van der Waals surface area contributed by atoms with Crippen molar-refractivity contribution in [2.45, 2.75) is 6.32 Å². The Morgan fingerprint density at radius 1 is 1.86 bits per heavy atom. The van der Waals surface area contributed by atoms with E-state index in [2.05, 4.69) is 4.99 Å². The molecule has 7 heavy (non-hydrogen) atoms. The van der Waals surface area contributed by atoms with E-state index in [1.807, 2.05) is 0 Å². The molecule has 0 radical (unpaired) electrons. The van der Waals surface area contributed by atoms with E-state index in [0.29, 0.717) is 0 Å². The molecule has 0 bridgehead atoms. The summed E-state index contributed by atoms with van der Waals surface area (Å²) in [6.07, 6.45) is 1.42. The summed E-state index contributed by atoms with van der Waals surface area (Å²) in [7, 11) is 1.63. The van der Waals surface area contributed by atoms with E-state index in [0.717, 1.165) is 6.08 Å². The van der Waals surface area contributed by atoms with Crippen LogP contribution in [0.15, 0.2) is 4.99 Å². The van der Waals surface area contributed by atoms with Crippen LogP contribution in [0.4, 0.5) is 0 Å². The molecule has 0 aromatic carbocycles. The first kappa shape index (κ1) is 6.11. The summed E-state index contributed by atoms with van der Waals surface area (Å²) in [4.78, 5) is 22.0. The zero-order valence-corrected chi connectivity index (χ0v) is 3.97. The van der Waals surface area contributed by atoms with Crippen LogP contribution in [0.5, 0.6) is 0 Å². The maximum atomic E-state index is 9.98. The maximum absolute atomic E-state index is 9.98. The summed E-state index contributed by atoms with van der Waals surface area (Å²) in [5.41, 5.74) is 0. The first-order valence-corrected chi connectivity index (χ1v) is 1.92. The zero-order chi connectivity index (χ0) is 5.70. The van der Waals surface area contributed by atoms with Gasteiger partial charge in [-0.1, -0.05) is 0 Å². The Balaban J connectivity index is 3.58. The molecule has 0 unspecified atom stereocenters. The van der Waals surface area contributed by atoms with Gasteiger partial charge in [-0.05, 0) is 6.32 Å². The maximum Gasteiger partial charge on any atom is 0.248 e. The lowest BCUT2D eigenvalue weighted by molar-refractivity contribution is -0.115. The molecule has 0 heterocycles. The second kappa shape index (κ2) is 3.31. The molecule has 0 aliphatic rings. The fraction of sp³-hybridized carbons (Fsp3) is 0.333. The molecule has 1 amide bonds. The summed E-state index contributed by atoms with van der Waals surface area (Å²) >= 11 is 0. The minimum Gasteiger partial charge on any atom is -0.273 e. The molecule has 0 fully saturated rings. The van der Waals surface area contributed by atoms with Gasteiger partial charge in [-0.25, -0.2) is 4.79 Å². The summed E-state index contributed by atoms with van der Waals surface area (Å²) in [5, 5.41) is 0. The molecule has 0 aliphatic carbocycles. The predicted octanol–water partition coefficient (Wildman–Crippen LogP) is -1.10. The van der Waals surface area contributed by atoms with Crippen LogP contribution in [0.25, 0.3) is 0 Å². The van der Waals surface area contributed by atoms with Gasteiger partial charge in [-0.3, -0.25) is 4.79 Å². The number of nitrogens with zero attached hydrogens (tertiary/aromatic N) is 1. The highest BCUT2D eigenvalue weighted by Gasteiger charge is 1.87. The minimum atomic E-state index is -0.421. The average molecular weight is 96.9 g/mol. The van der Waals surface area contributed by atoms with Crippen LogP contribution in [0.1, 0.15) is 0 Å². The molecule has 0 aromatic heterocycles. The standard InChI is InChI=1S/C3H4BNO2/c4-1-3(7)5-2-6/h1,4H2. The van der Waals surface area contributed by atoms with Gasteiger partial charge in [0.2, 0.25) is 12.0 Å². The Morgan fingerprint density at radius 2 is 2.43 bits per heavy atom. The van der Waals surface area contributed by atoms with Crippen molar-refractivity contribution < 1.29 is 9.59 Å². The number of amides is 1. The molecule has 0 rings (SSSR count). The van der Waals surface area contributed by atoms with E-state index in [4.69, 9.17) is 0 Å². The largest absolute Gasteiger partial charge is 0.273 e. The average Bonchev–Trinajstić information content (AvgIpc) is 1.68. The monoisotopic (exact) mass is 97.0 g/mol. The van der Waals surface area contributed by atoms with Crippen molar-refractivity contribution in [1.82, 2.24) is 0 Å². The quantitative estimate of drug-likeness (QED) is 0.237. The molecule has 0 atom stereocenters. The van der Waals surface area contributed by atoms with E-state index >= 15 is 0 Å². The predicted molar refractivity (Wildman–Crippen MR) is 26.5 cm³/mol. The Labute approximate surface area is 41.8 Å². The van der Waals surface area contributed by atoms with Crippen molar-refractivity contribution in [3.8, 4) is 0 Å². The van der Waals surface area contributed by atoms with Crippen LogP contribution in [-0.4, -0.2) is 19.8 Å². The van der Waals surface area contributed by atoms with Gasteiger partial charge in [0, 0.05) is 0 Å². The Morgan fingerprint density at radius 3 is 2.57 bits per heavy atom. The fourth-order valence-electron chi connectivity index (χ4n) is 0.130. The zero-order valence-electron chi connectivity index (χ0n) is 3.97. The van der Waals surface area contributed by atoms with Gasteiger partial charge in [0.1, 0.15) is 7.85 Å². The van der Waals surface area contributed by atoms with Crippen molar-refractivity contribution in [3.63, 3.8) is 0 Å². The number of carbonyl (C=O) groups is 1. The van der Waals surface area contributed by atoms with E-state index in [9.17, 15) is 9.59 Å². The molecule has 4 heteroatoms. The van der Waals surface area contributed by atoms with Crippen LogP contribution in [0.3, 0.4) is 0 Å². The summed E-state index contributed by atoms with van der Waals surface area (Å²) in [5.74, 6) is -0.421. The highest BCUT2D eigenvalue weighted by molar-refractivity contribution is 6.20. The molecule has 3 nitrogen and oxygen atoms in total. The van der Waals surface area contributed by atoms with Gasteiger partial charge >= 0.3 is 0 Å². The van der Waals surface area contributed by atoms with E-state index in [-0.39, 0.29) is 6.32 Å². The second-order valence-electron chi connectivity index (χ2n) is 0.950. The number of rotatable bonds is 1. The SMILES string of the molecule is BCC(=O)N=C=O. The van der Waals surface area contributed by atoms with E-state index in [1.54, 1.807) is 7.85 Å². The third-order valence-electron chi connectivity index (χ3n) is 0.473. The van der Waals surface area contributed by atoms with E-state index in [1.165, 1.54) is 0 Å². The van der Waals surface area contributed by atoms with Crippen LogP contribution in [0, 0.1) is 0 Å². The lowest BCUT2D eigenvalue weighted by Crippen LogP contribution is -1.87. The number of isocyanates is 1. The van der Waals surface area contributed by atoms with Crippen LogP contribution in [-0.2, 0) is 9.59 Å². The topological polar surface area (TPSA) is 46.5 Å². The van der Waals surface area contributed by atoms with Crippen molar-refractivity contribution >= 4 is 19.8 Å². The minimum absolute atomic E-state index is 0.273. The third-order valence-corrected chi connectivity index (χ3v) is 0.473. The highest BCUT2D eigenvalue weighted by atomic mass is 16.2. The van der Waals surface area contributed by atoms with Gasteiger partial charge in [-0.2, -0.15) is 0 Å². The molecule has 0 spiro atoms. The summed E-state index contributed by atoms with van der Waals surface area (Å²) in [6.45, 7) is 0. The summed E-state index contributed by atoms with van der Waals surface area (Å²) in [6, 6.07) is 0. The van der Waals surface area contributed by atoms with E-state index < -0.39 is 5.91 Å². The number of carbonyl (C=O) groups excluding carboxylic acids is 2. The molecule has 0 saturated carbocycles. The molecule has 0 saturated heterocycles. The van der Waals surface area contributed by atoms with Gasteiger partial charge < -0.3 is 0 Å². The lowest BCUT2D eigenvalue weighted by atomic mass is 10.1. The van der Waals surface area contributed by atoms with Gasteiger partial charge in [0.05, 0.1) is 0 Å². The molecule has 0 aliphatic heterocycles. The Hall–Kier alpha value is -0.885. The second-order valence-corrected chi connectivity index (χ2v) is 0.950. The molecular weight excluding hydrogens is 92.8 g/mol. The summed E-state index contributed by atoms with van der Waals surface area (Å²) < 4.78 is 0. The van der Waals surface area contributed by atoms with Crippen molar-refractivity contribution in [1.29, 1.82) is 0 Å². The Bertz CT molecular complexity index is 116. The van der Waals surface area contributed by atoms with Crippen LogP contribution < -0.4 is 0 Å². The fourth-order valence-corrected chi connectivity index (χ4v) is 0.130. The van der Waals surface area contributed by atoms with Crippen molar-refractivity contribution in [3.05, 3.63) is 0 Å². The Kier molecular flexibility index (Phi) is 2.89. The highest BCUT2D eigenvalue weighted by Crippen LogP contribution is 1.74. The first-order chi connectivity index (χ1) is 3.31. The normalized spacial score (nSPS) is 6.86. The van der Waals surface area contributed by atoms with Gasteiger partial charge in [0.25, 0.3) is 0 Å². The third kappa shape index (κ3) is 2.93. The molecule has 0 N–H and O–H groups in total. The molecule has 36 valence electrons. The van der Waals surface area contributed by atoms with Crippen LogP contribution in [0.2, 0.25) is 6.32 Å².